The van der Waals surface area contributed by atoms with E-state index in [0.717, 1.165) is 9.87 Å². The van der Waals surface area contributed by atoms with Gasteiger partial charge in [-0.15, -0.1) is 0 Å². The van der Waals surface area contributed by atoms with Crippen LogP contribution in [-0.2, 0) is 21.2 Å². The average molecular weight is 323 g/mol. The number of carboxylic acids is 1. The summed E-state index contributed by atoms with van der Waals surface area (Å²) in [4.78, 5) is 10.6. The highest BCUT2D eigenvalue weighted by atomic mass is 32.2. The molecule has 7 heteroatoms. The van der Waals surface area contributed by atoms with Crippen LogP contribution >= 0.6 is 0 Å². The van der Waals surface area contributed by atoms with E-state index >= 15 is 0 Å². The highest BCUT2D eigenvalue weighted by Gasteiger charge is 2.24. The third-order valence-electron chi connectivity index (χ3n) is 3.23. The summed E-state index contributed by atoms with van der Waals surface area (Å²) in [6, 6.07) is 9.78. The maximum absolute atomic E-state index is 12.5. The summed E-state index contributed by atoms with van der Waals surface area (Å²) < 4.78 is 31.2. The molecule has 1 N–H and O–H groups in total. The molecule has 0 bridgehead atoms. The van der Waals surface area contributed by atoms with Crippen molar-refractivity contribution in [2.75, 3.05) is 11.4 Å². The minimum Gasteiger partial charge on any atom is -0.481 e. The lowest BCUT2D eigenvalue weighted by molar-refractivity contribution is -0.136. The van der Waals surface area contributed by atoms with Crippen molar-refractivity contribution in [1.82, 2.24) is 0 Å². The molecule has 2 rings (SSSR count). The van der Waals surface area contributed by atoms with Crippen molar-refractivity contribution in [3.8, 4) is 0 Å². The molecule has 2 aromatic rings. The Morgan fingerprint density at radius 2 is 2.00 bits per heavy atom. The molecule has 0 unspecified atom stereocenters. The van der Waals surface area contributed by atoms with E-state index in [1.807, 2.05) is 0 Å². The Labute approximate surface area is 129 Å². The second kappa shape index (κ2) is 6.23. The van der Waals surface area contributed by atoms with Gasteiger partial charge in [-0.3, -0.25) is 9.10 Å². The van der Waals surface area contributed by atoms with Crippen LogP contribution in [0.5, 0.6) is 0 Å². The van der Waals surface area contributed by atoms with Crippen LogP contribution in [-0.4, -0.2) is 26.5 Å². The van der Waals surface area contributed by atoms with Gasteiger partial charge in [0.15, 0.2) is 0 Å². The first kappa shape index (κ1) is 16.1. The number of rotatable bonds is 6. The number of aliphatic carboxylic acids is 1. The quantitative estimate of drug-likeness (QED) is 0.882. The van der Waals surface area contributed by atoms with E-state index in [2.05, 4.69) is 0 Å². The van der Waals surface area contributed by atoms with Gasteiger partial charge in [-0.2, -0.15) is 8.42 Å². The maximum atomic E-state index is 12.5. The Kier molecular flexibility index (Phi) is 4.56. The van der Waals surface area contributed by atoms with Crippen LogP contribution in [0.15, 0.2) is 45.9 Å². The number of hydrogen-bond acceptors (Lipinski definition) is 4. The number of sulfonamides is 1. The zero-order chi connectivity index (χ0) is 16.3. The summed E-state index contributed by atoms with van der Waals surface area (Å²) in [5, 5.41) is 8.59. The Hall–Kier alpha value is -2.28. The van der Waals surface area contributed by atoms with Crippen LogP contribution in [0.3, 0.4) is 0 Å². The smallest absolute Gasteiger partial charge is 0.303 e. The van der Waals surface area contributed by atoms with Crippen molar-refractivity contribution in [1.29, 1.82) is 0 Å². The van der Waals surface area contributed by atoms with Crippen molar-refractivity contribution in [2.24, 2.45) is 0 Å². The Balaban J connectivity index is 2.27. The highest BCUT2D eigenvalue weighted by molar-refractivity contribution is 7.92. The summed E-state index contributed by atoms with van der Waals surface area (Å²) in [5.74, 6) is -0.375. The lowest BCUT2D eigenvalue weighted by Crippen LogP contribution is -2.26. The van der Waals surface area contributed by atoms with Gasteiger partial charge >= 0.3 is 5.97 Å². The number of nitrogens with zero attached hydrogens (tertiary/aromatic N) is 1. The first-order chi connectivity index (χ1) is 10.3. The van der Waals surface area contributed by atoms with E-state index in [4.69, 9.17) is 9.52 Å². The molecule has 1 heterocycles. The largest absolute Gasteiger partial charge is 0.481 e. The number of aryl methyl sites for hydroxylation is 2. The number of furan rings is 1. The molecule has 0 aliphatic carbocycles. The number of carboxylic acid groups (broad SMARTS) is 1. The van der Waals surface area contributed by atoms with Crippen molar-refractivity contribution >= 4 is 21.7 Å². The van der Waals surface area contributed by atoms with Gasteiger partial charge in [-0.1, -0.05) is 12.1 Å². The lowest BCUT2D eigenvalue weighted by Gasteiger charge is -2.18. The van der Waals surface area contributed by atoms with Gasteiger partial charge in [-0.05, 0) is 43.2 Å². The molecule has 0 saturated carbocycles. The van der Waals surface area contributed by atoms with Crippen LogP contribution < -0.4 is 4.31 Å². The van der Waals surface area contributed by atoms with Gasteiger partial charge in [0.05, 0.1) is 5.69 Å². The minimum atomic E-state index is -3.77. The Morgan fingerprint density at radius 1 is 1.27 bits per heavy atom. The van der Waals surface area contributed by atoms with Crippen molar-refractivity contribution in [3.05, 3.63) is 47.7 Å². The molecule has 6 nitrogen and oxygen atoms in total. The lowest BCUT2D eigenvalue weighted by atomic mass is 10.1. The van der Waals surface area contributed by atoms with E-state index < -0.39 is 16.0 Å². The molecule has 0 saturated heterocycles. The SMILES string of the molecule is Cc1ccc(S(=O)(=O)N(C)c2cccc(CCC(=O)O)c2)o1. The monoisotopic (exact) mass is 323 g/mol. The van der Waals surface area contributed by atoms with E-state index in [1.165, 1.54) is 13.1 Å². The molecule has 0 aliphatic rings. The summed E-state index contributed by atoms with van der Waals surface area (Å²) in [7, 11) is -2.33. The van der Waals surface area contributed by atoms with Gasteiger partial charge in [-0.25, -0.2) is 0 Å². The molecule has 1 aromatic carbocycles. The summed E-state index contributed by atoms with van der Waals surface area (Å²) in [5.41, 5.74) is 1.22. The minimum absolute atomic E-state index is 0.00268. The average Bonchev–Trinajstić information content (AvgIpc) is 2.92. The van der Waals surface area contributed by atoms with E-state index in [1.54, 1.807) is 37.3 Å². The molecule has 0 spiro atoms. The molecule has 1 aromatic heterocycles. The van der Waals surface area contributed by atoms with Gasteiger partial charge in [0.1, 0.15) is 5.76 Å². The van der Waals surface area contributed by atoms with Crippen LogP contribution in [0, 0.1) is 6.92 Å². The molecule has 0 atom stereocenters. The van der Waals surface area contributed by atoms with Crippen molar-refractivity contribution in [3.63, 3.8) is 0 Å². The Morgan fingerprint density at radius 3 is 2.59 bits per heavy atom. The Bertz CT molecular complexity index is 779. The van der Waals surface area contributed by atoms with Crippen molar-refractivity contribution < 1.29 is 22.7 Å². The second-order valence-corrected chi connectivity index (χ2v) is 6.80. The maximum Gasteiger partial charge on any atom is 0.303 e. The van der Waals surface area contributed by atoms with Gasteiger partial charge in [0.25, 0.3) is 10.0 Å². The summed E-state index contributed by atoms with van der Waals surface area (Å²) >= 11 is 0. The molecule has 0 fully saturated rings. The molecule has 0 amide bonds. The van der Waals surface area contributed by atoms with Crippen molar-refractivity contribution in [2.45, 2.75) is 24.9 Å². The van der Waals surface area contributed by atoms with E-state index in [0.29, 0.717) is 17.9 Å². The summed E-state index contributed by atoms with van der Waals surface area (Å²) in [6.07, 6.45) is 0.341. The molecule has 0 radical (unpaired) electrons. The molecule has 0 aliphatic heterocycles. The zero-order valence-corrected chi connectivity index (χ0v) is 13.1. The first-order valence-corrected chi connectivity index (χ1v) is 8.11. The normalized spacial score (nSPS) is 11.4. The highest BCUT2D eigenvalue weighted by Crippen LogP contribution is 2.24. The van der Waals surface area contributed by atoms with Crippen LogP contribution in [0.2, 0.25) is 0 Å². The molecule has 118 valence electrons. The molecular formula is C15H17NO5S. The van der Waals surface area contributed by atoms with E-state index in [-0.39, 0.29) is 11.5 Å². The fourth-order valence-corrected chi connectivity index (χ4v) is 3.12. The van der Waals surface area contributed by atoms with Crippen LogP contribution in [0.4, 0.5) is 5.69 Å². The third-order valence-corrected chi connectivity index (χ3v) is 4.89. The van der Waals surface area contributed by atoms with Gasteiger partial charge in [0, 0.05) is 13.5 Å². The molecular weight excluding hydrogens is 306 g/mol. The van der Waals surface area contributed by atoms with Gasteiger partial charge in [0.2, 0.25) is 5.09 Å². The topological polar surface area (TPSA) is 87.8 Å². The zero-order valence-electron chi connectivity index (χ0n) is 12.3. The fraction of sp³-hybridized carbons (Fsp3) is 0.267. The third kappa shape index (κ3) is 3.48. The number of benzene rings is 1. The predicted octanol–water partition coefficient (Wildman–Crippen LogP) is 2.43. The summed E-state index contributed by atoms with van der Waals surface area (Å²) in [6.45, 7) is 1.67. The second-order valence-electron chi connectivity index (χ2n) is 4.90. The van der Waals surface area contributed by atoms with Crippen LogP contribution in [0.25, 0.3) is 0 Å². The molecule has 22 heavy (non-hydrogen) atoms. The standard InChI is InChI=1S/C15H17NO5S/c1-11-6-9-15(21-11)22(19,20)16(2)13-5-3-4-12(10-13)7-8-14(17)18/h3-6,9-10H,7-8H2,1-2H3,(H,17,18). The van der Waals surface area contributed by atoms with E-state index in [9.17, 15) is 13.2 Å². The first-order valence-electron chi connectivity index (χ1n) is 6.67. The number of hydrogen-bond donors (Lipinski definition) is 1. The van der Waals surface area contributed by atoms with Gasteiger partial charge < -0.3 is 9.52 Å². The number of carbonyl (C=O) groups is 1. The fourth-order valence-electron chi connectivity index (χ4n) is 1.98. The predicted molar refractivity (Wildman–Crippen MR) is 81.4 cm³/mol. The number of anilines is 1. The van der Waals surface area contributed by atoms with Crippen LogP contribution in [0.1, 0.15) is 17.7 Å².